The predicted octanol–water partition coefficient (Wildman–Crippen LogP) is 3.51. The average molecular weight is 441 g/mol. The van der Waals surface area contributed by atoms with Gasteiger partial charge < -0.3 is 15.3 Å². The van der Waals surface area contributed by atoms with Gasteiger partial charge in [0, 0.05) is 68.2 Å². The zero-order chi connectivity index (χ0) is 22.6. The lowest BCUT2D eigenvalue weighted by Gasteiger charge is -2.34. The first-order valence-corrected chi connectivity index (χ1v) is 11.3. The summed E-state index contributed by atoms with van der Waals surface area (Å²) in [4.78, 5) is 19.0. The van der Waals surface area contributed by atoms with E-state index in [1.54, 1.807) is 0 Å². The van der Waals surface area contributed by atoms with E-state index in [4.69, 9.17) is 9.97 Å². The lowest BCUT2D eigenvalue weighted by Crippen LogP contribution is -2.47. The van der Waals surface area contributed by atoms with Gasteiger partial charge in [-0.15, -0.1) is 0 Å². The molecule has 7 heteroatoms. The Balaban J connectivity index is 1.55. The fourth-order valence-electron chi connectivity index (χ4n) is 4.27. The molecule has 2 aromatic heterocycles. The molecule has 4 aromatic rings. The monoisotopic (exact) mass is 440 g/mol. The third-order valence-electron chi connectivity index (χ3n) is 6.16. The number of aliphatic hydroxyl groups is 1. The molecule has 2 N–H and O–H groups in total. The van der Waals surface area contributed by atoms with E-state index in [2.05, 4.69) is 62.6 Å². The number of rotatable bonds is 6. The van der Waals surface area contributed by atoms with Crippen LogP contribution < -0.4 is 10.2 Å². The normalized spacial score (nSPS) is 14.5. The van der Waals surface area contributed by atoms with E-state index < -0.39 is 0 Å². The van der Waals surface area contributed by atoms with Crippen molar-refractivity contribution in [1.82, 2.24) is 19.9 Å². The molecule has 0 amide bonds. The highest BCUT2D eigenvalue weighted by Gasteiger charge is 2.20. The summed E-state index contributed by atoms with van der Waals surface area (Å²) in [5.41, 5.74) is 5.90. The topological polar surface area (TPSA) is 77.4 Å². The maximum absolute atomic E-state index is 9.18. The van der Waals surface area contributed by atoms with Gasteiger partial charge in [0.15, 0.2) is 5.65 Å². The first-order valence-electron chi connectivity index (χ1n) is 11.3. The number of piperazine rings is 1. The molecular formula is C26H28N6O. The summed E-state index contributed by atoms with van der Waals surface area (Å²) in [7, 11) is 1.92. The molecule has 168 valence electrons. The van der Waals surface area contributed by atoms with Crippen molar-refractivity contribution in [3.05, 3.63) is 66.9 Å². The molecular weight excluding hydrogens is 412 g/mol. The lowest BCUT2D eigenvalue weighted by atomic mass is 9.98. The van der Waals surface area contributed by atoms with Gasteiger partial charge in [-0.25, -0.2) is 9.97 Å². The minimum absolute atomic E-state index is 0.193. The van der Waals surface area contributed by atoms with Crippen molar-refractivity contribution in [2.75, 3.05) is 56.6 Å². The molecule has 1 aliphatic rings. The van der Waals surface area contributed by atoms with Crippen LogP contribution in [0.1, 0.15) is 0 Å². The number of anilines is 2. The number of nitrogens with zero attached hydrogens (tertiary/aromatic N) is 5. The van der Waals surface area contributed by atoms with Crippen molar-refractivity contribution >= 4 is 22.7 Å². The Morgan fingerprint density at radius 2 is 1.67 bits per heavy atom. The van der Waals surface area contributed by atoms with E-state index in [1.807, 2.05) is 31.4 Å². The van der Waals surface area contributed by atoms with Crippen molar-refractivity contribution in [2.45, 2.75) is 0 Å². The van der Waals surface area contributed by atoms with Gasteiger partial charge in [-0.05, 0) is 23.8 Å². The highest BCUT2D eigenvalue weighted by molar-refractivity contribution is 5.90. The summed E-state index contributed by atoms with van der Waals surface area (Å²) in [6, 6.07) is 20.8. The number of hydrogen-bond donors (Lipinski definition) is 2. The fourth-order valence-corrected chi connectivity index (χ4v) is 4.27. The highest BCUT2D eigenvalue weighted by Crippen LogP contribution is 2.33. The Kier molecular flexibility index (Phi) is 6.15. The molecule has 5 rings (SSSR count). The van der Waals surface area contributed by atoms with Gasteiger partial charge in [0.2, 0.25) is 5.95 Å². The molecule has 0 atom stereocenters. The maximum Gasteiger partial charge on any atom is 0.227 e. The minimum atomic E-state index is 0.193. The summed E-state index contributed by atoms with van der Waals surface area (Å²) >= 11 is 0. The van der Waals surface area contributed by atoms with E-state index in [0.29, 0.717) is 18.1 Å². The van der Waals surface area contributed by atoms with Crippen LogP contribution in [0.15, 0.2) is 66.9 Å². The predicted molar refractivity (Wildman–Crippen MR) is 133 cm³/mol. The standard InChI is InChI=1S/C26H28N6O/c1-27-22-9-7-20(8-10-22)24-23(19-5-3-2-4-6-19)17-21-18-28-26(30-25(21)29-24)32-13-11-31(12-14-32)15-16-33/h2-10,17-18,27,33H,11-16H2,1H3. The molecule has 1 aliphatic heterocycles. The van der Waals surface area contributed by atoms with Gasteiger partial charge in [0.25, 0.3) is 0 Å². The van der Waals surface area contributed by atoms with Crippen molar-refractivity contribution in [3.63, 3.8) is 0 Å². The van der Waals surface area contributed by atoms with Crippen LogP contribution in [0.5, 0.6) is 0 Å². The summed E-state index contributed by atoms with van der Waals surface area (Å²) in [5.74, 6) is 0.711. The SMILES string of the molecule is CNc1ccc(-c2nc3nc(N4CCN(CCO)CC4)ncc3cc2-c2ccccc2)cc1. The molecule has 3 heterocycles. The molecule has 0 unspecified atom stereocenters. The van der Waals surface area contributed by atoms with Crippen LogP contribution in [0, 0.1) is 0 Å². The van der Waals surface area contributed by atoms with Crippen molar-refractivity contribution in [2.24, 2.45) is 0 Å². The van der Waals surface area contributed by atoms with Gasteiger partial charge in [-0.3, -0.25) is 4.90 Å². The largest absolute Gasteiger partial charge is 0.395 e. The number of aromatic nitrogens is 3. The molecule has 0 bridgehead atoms. The Morgan fingerprint density at radius 3 is 2.36 bits per heavy atom. The number of benzene rings is 2. The van der Waals surface area contributed by atoms with Crippen molar-refractivity contribution in [3.8, 4) is 22.4 Å². The number of hydrogen-bond acceptors (Lipinski definition) is 7. The molecule has 1 fully saturated rings. The fraction of sp³-hybridized carbons (Fsp3) is 0.269. The first kappa shape index (κ1) is 21.3. The van der Waals surface area contributed by atoms with Crippen LogP contribution in [-0.4, -0.2) is 71.3 Å². The van der Waals surface area contributed by atoms with Crippen LogP contribution in [0.4, 0.5) is 11.6 Å². The Labute approximate surface area is 193 Å². The molecule has 0 radical (unpaired) electrons. The molecule has 33 heavy (non-hydrogen) atoms. The van der Waals surface area contributed by atoms with E-state index >= 15 is 0 Å². The van der Waals surface area contributed by atoms with E-state index in [0.717, 1.165) is 59.6 Å². The zero-order valence-electron chi connectivity index (χ0n) is 18.8. The van der Waals surface area contributed by atoms with Crippen LogP contribution in [0.25, 0.3) is 33.4 Å². The molecule has 1 saturated heterocycles. The first-order chi connectivity index (χ1) is 16.2. The van der Waals surface area contributed by atoms with Crippen LogP contribution in [0.2, 0.25) is 0 Å². The molecule has 0 spiro atoms. The summed E-state index contributed by atoms with van der Waals surface area (Å²) in [6.45, 7) is 4.37. The number of fused-ring (bicyclic) bond motifs is 1. The van der Waals surface area contributed by atoms with Crippen LogP contribution in [0.3, 0.4) is 0 Å². The summed E-state index contributed by atoms with van der Waals surface area (Å²) in [6.07, 6.45) is 1.88. The molecule has 2 aromatic carbocycles. The van der Waals surface area contributed by atoms with Crippen molar-refractivity contribution < 1.29 is 5.11 Å². The highest BCUT2D eigenvalue weighted by atomic mass is 16.3. The van der Waals surface area contributed by atoms with Crippen LogP contribution >= 0.6 is 0 Å². The molecule has 0 aliphatic carbocycles. The van der Waals surface area contributed by atoms with Crippen LogP contribution in [-0.2, 0) is 0 Å². The molecule has 0 saturated carbocycles. The second-order valence-electron chi connectivity index (χ2n) is 8.21. The second-order valence-corrected chi connectivity index (χ2v) is 8.21. The Morgan fingerprint density at radius 1 is 0.909 bits per heavy atom. The quantitative estimate of drug-likeness (QED) is 0.475. The Hall–Kier alpha value is -3.55. The number of pyridine rings is 1. The van der Waals surface area contributed by atoms with E-state index in [9.17, 15) is 5.11 Å². The lowest BCUT2D eigenvalue weighted by molar-refractivity contribution is 0.188. The number of β-amino-alcohol motifs (C(OH)–C–C–N with tert-alkyl or cyclic N) is 1. The minimum Gasteiger partial charge on any atom is -0.395 e. The summed E-state index contributed by atoms with van der Waals surface area (Å²) in [5, 5.41) is 13.3. The third kappa shape index (κ3) is 4.51. The molecule has 7 nitrogen and oxygen atoms in total. The number of aliphatic hydroxyl groups excluding tert-OH is 1. The van der Waals surface area contributed by atoms with E-state index in [1.165, 1.54) is 0 Å². The van der Waals surface area contributed by atoms with Gasteiger partial charge in [0.05, 0.1) is 12.3 Å². The Bertz CT molecular complexity index is 1220. The maximum atomic E-state index is 9.18. The van der Waals surface area contributed by atoms with Gasteiger partial charge >= 0.3 is 0 Å². The summed E-state index contributed by atoms with van der Waals surface area (Å²) < 4.78 is 0. The third-order valence-corrected chi connectivity index (χ3v) is 6.16. The van der Waals surface area contributed by atoms with Gasteiger partial charge in [0.1, 0.15) is 0 Å². The number of nitrogens with one attached hydrogen (secondary N) is 1. The average Bonchev–Trinajstić information content (AvgIpc) is 2.89. The zero-order valence-corrected chi connectivity index (χ0v) is 18.8. The second kappa shape index (κ2) is 9.52. The van der Waals surface area contributed by atoms with Crippen molar-refractivity contribution in [1.29, 1.82) is 0 Å². The van der Waals surface area contributed by atoms with E-state index in [-0.39, 0.29) is 6.61 Å². The van der Waals surface area contributed by atoms with Gasteiger partial charge in [-0.1, -0.05) is 42.5 Å². The smallest absolute Gasteiger partial charge is 0.227 e. The van der Waals surface area contributed by atoms with Gasteiger partial charge in [-0.2, -0.15) is 4.98 Å².